The second kappa shape index (κ2) is 8.78. The molecular weight excluding hydrogens is 379 g/mol. The summed E-state index contributed by atoms with van der Waals surface area (Å²) in [5.74, 6) is 0.296. The van der Waals surface area contributed by atoms with Crippen molar-refractivity contribution in [3.8, 4) is 11.5 Å². The number of carbonyl (C=O) groups is 2. The summed E-state index contributed by atoms with van der Waals surface area (Å²) in [6.07, 6.45) is 0. The summed E-state index contributed by atoms with van der Waals surface area (Å²) in [4.78, 5) is 25.7. The molecule has 6 nitrogen and oxygen atoms in total. The largest absolute Gasteiger partial charge is 0.497 e. The quantitative estimate of drug-likeness (QED) is 0.800. The van der Waals surface area contributed by atoms with Gasteiger partial charge in [-0.15, -0.1) is 0 Å². The van der Waals surface area contributed by atoms with Crippen LogP contribution in [-0.4, -0.2) is 32.6 Å². The van der Waals surface area contributed by atoms with Crippen LogP contribution < -0.4 is 19.7 Å². The molecule has 2 aromatic carbocycles. The molecule has 0 aliphatic rings. The Morgan fingerprint density at radius 3 is 2.23 bits per heavy atom. The van der Waals surface area contributed by atoms with Crippen LogP contribution in [0.5, 0.6) is 11.5 Å². The van der Waals surface area contributed by atoms with Gasteiger partial charge in [0.15, 0.2) is 0 Å². The van der Waals surface area contributed by atoms with Gasteiger partial charge in [0.2, 0.25) is 11.8 Å². The number of ether oxygens (including phenoxy) is 2. The molecule has 0 bridgehead atoms. The fourth-order valence-corrected chi connectivity index (χ4v) is 2.84. The summed E-state index contributed by atoms with van der Waals surface area (Å²) in [7, 11) is 3.01. The first-order chi connectivity index (χ1) is 12.3. The average molecular weight is 397 g/mol. The molecule has 2 amide bonds. The number of hydrogen-bond acceptors (Lipinski definition) is 4. The Balaban J connectivity index is 2.22. The number of benzene rings is 2. The van der Waals surface area contributed by atoms with Gasteiger partial charge >= 0.3 is 0 Å². The number of nitrogens with one attached hydrogen (secondary N) is 1. The van der Waals surface area contributed by atoms with E-state index in [-0.39, 0.29) is 12.5 Å². The van der Waals surface area contributed by atoms with Gasteiger partial charge in [0.05, 0.1) is 19.9 Å². The molecule has 8 heteroatoms. The van der Waals surface area contributed by atoms with Crippen molar-refractivity contribution in [3.05, 3.63) is 46.4 Å². The summed E-state index contributed by atoms with van der Waals surface area (Å²) in [6, 6.07) is 9.69. The Kier molecular flexibility index (Phi) is 6.71. The molecule has 0 aliphatic carbocycles. The maximum atomic E-state index is 12.5. The van der Waals surface area contributed by atoms with E-state index in [1.807, 2.05) is 0 Å². The highest BCUT2D eigenvalue weighted by molar-refractivity contribution is 6.35. The van der Waals surface area contributed by atoms with Crippen molar-refractivity contribution in [1.29, 1.82) is 0 Å². The molecule has 0 atom stereocenters. The van der Waals surface area contributed by atoms with Gasteiger partial charge in [-0.2, -0.15) is 0 Å². The maximum Gasteiger partial charge on any atom is 0.244 e. The fraction of sp³-hybridized carbons (Fsp3) is 0.222. The predicted octanol–water partition coefficient (Wildman–Crippen LogP) is 4.00. The first-order valence-corrected chi connectivity index (χ1v) is 8.35. The molecule has 26 heavy (non-hydrogen) atoms. The Labute approximate surface area is 161 Å². The molecule has 0 heterocycles. The lowest BCUT2D eigenvalue weighted by Crippen LogP contribution is -2.36. The summed E-state index contributed by atoms with van der Waals surface area (Å²) in [5.41, 5.74) is 0.868. The number of rotatable bonds is 6. The van der Waals surface area contributed by atoms with Crippen molar-refractivity contribution in [1.82, 2.24) is 0 Å². The molecular formula is C18H18Cl2N2O4. The molecule has 0 fully saturated rings. The smallest absolute Gasteiger partial charge is 0.244 e. The highest BCUT2D eigenvalue weighted by atomic mass is 35.5. The zero-order valence-corrected chi connectivity index (χ0v) is 16.0. The molecule has 0 spiro atoms. The van der Waals surface area contributed by atoms with Crippen molar-refractivity contribution in [2.45, 2.75) is 6.92 Å². The van der Waals surface area contributed by atoms with E-state index < -0.39 is 5.91 Å². The van der Waals surface area contributed by atoms with E-state index in [4.69, 9.17) is 32.7 Å². The second-order valence-electron chi connectivity index (χ2n) is 5.35. The Hall–Kier alpha value is -2.44. The number of halogens is 2. The van der Waals surface area contributed by atoms with E-state index >= 15 is 0 Å². The molecule has 0 saturated heterocycles. The van der Waals surface area contributed by atoms with Crippen LogP contribution >= 0.6 is 23.2 Å². The second-order valence-corrected chi connectivity index (χ2v) is 6.22. The maximum absolute atomic E-state index is 12.5. The van der Waals surface area contributed by atoms with E-state index in [0.29, 0.717) is 32.9 Å². The van der Waals surface area contributed by atoms with Gasteiger partial charge < -0.3 is 19.7 Å². The van der Waals surface area contributed by atoms with Crippen molar-refractivity contribution < 1.29 is 19.1 Å². The van der Waals surface area contributed by atoms with Crippen LogP contribution in [0.25, 0.3) is 0 Å². The van der Waals surface area contributed by atoms with Crippen LogP contribution in [0.3, 0.4) is 0 Å². The third-order valence-electron chi connectivity index (χ3n) is 3.52. The van der Waals surface area contributed by atoms with Crippen molar-refractivity contribution >= 4 is 46.4 Å². The Bertz CT molecular complexity index is 807. The lowest BCUT2D eigenvalue weighted by atomic mass is 10.2. The van der Waals surface area contributed by atoms with Crippen LogP contribution in [0.1, 0.15) is 6.92 Å². The summed E-state index contributed by atoms with van der Waals surface area (Å²) in [5, 5.41) is 3.45. The molecule has 2 rings (SSSR count). The zero-order chi connectivity index (χ0) is 19.3. The van der Waals surface area contributed by atoms with E-state index in [1.54, 1.807) is 36.4 Å². The van der Waals surface area contributed by atoms with Gasteiger partial charge in [-0.3, -0.25) is 9.59 Å². The van der Waals surface area contributed by atoms with Gasteiger partial charge in [-0.1, -0.05) is 23.2 Å². The standard InChI is InChI=1S/C18H18Cl2N2O4/c1-11(23)22(14-7-12(19)6-13(20)8-14)10-18(24)21-16-9-15(25-2)4-5-17(16)26-3/h4-9H,10H2,1-3H3,(H,21,24). The highest BCUT2D eigenvalue weighted by Crippen LogP contribution is 2.29. The summed E-state index contributed by atoms with van der Waals surface area (Å²) in [6.45, 7) is 1.14. The van der Waals surface area contributed by atoms with E-state index in [2.05, 4.69) is 5.32 Å². The van der Waals surface area contributed by atoms with Crippen LogP contribution in [0.2, 0.25) is 10.0 Å². The zero-order valence-electron chi connectivity index (χ0n) is 14.5. The summed E-state index contributed by atoms with van der Waals surface area (Å²) >= 11 is 12.0. The lowest BCUT2D eigenvalue weighted by molar-refractivity contribution is -0.120. The Morgan fingerprint density at radius 1 is 1.04 bits per heavy atom. The minimum Gasteiger partial charge on any atom is -0.497 e. The molecule has 1 N–H and O–H groups in total. The van der Waals surface area contributed by atoms with E-state index in [0.717, 1.165) is 0 Å². The van der Waals surface area contributed by atoms with Gasteiger partial charge in [0, 0.05) is 28.7 Å². The lowest BCUT2D eigenvalue weighted by Gasteiger charge is -2.21. The molecule has 138 valence electrons. The van der Waals surface area contributed by atoms with E-state index in [1.165, 1.54) is 26.0 Å². The van der Waals surface area contributed by atoms with Crippen molar-refractivity contribution in [2.24, 2.45) is 0 Å². The SMILES string of the molecule is COc1ccc(OC)c(NC(=O)CN(C(C)=O)c2cc(Cl)cc(Cl)c2)c1. The van der Waals surface area contributed by atoms with Crippen LogP contribution in [0.4, 0.5) is 11.4 Å². The molecule has 0 saturated carbocycles. The van der Waals surface area contributed by atoms with Gasteiger partial charge in [-0.05, 0) is 30.3 Å². The number of methoxy groups -OCH3 is 2. The minimum atomic E-state index is -0.414. The van der Waals surface area contributed by atoms with Gasteiger partial charge in [0.1, 0.15) is 18.0 Å². The molecule has 2 aromatic rings. The number of hydrogen-bond donors (Lipinski definition) is 1. The Morgan fingerprint density at radius 2 is 1.69 bits per heavy atom. The molecule has 0 unspecified atom stereocenters. The summed E-state index contributed by atoms with van der Waals surface area (Å²) < 4.78 is 10.4. The van der Waals surface area contributed by atoms with Crippen LogP contribution in [-0.2, 0) is 9.59 Å². The highest BCUT2D eigenvalue weighted by Gasteiger charge is 2.18. The van der Waals surface area contributed by atoms with E-state index in [9.17, 15) is 9.59 Å². The predicted molar refractivity (Wildman–Crippen MR) is 103 cm³/mol. The number of carbonyl (C=O) groups excluding carboxylic acids is 2. The number of anilines is 2. The van der Waals surface area contributed by atoms with Crippen LogP contribution in [0.15, 0.2) is 36.4 Å². The van der Waals surface area contributed by atoms with Gasteiger partial charge in [0.25, 0.3) is 0 Å². The number of amides is 2. The normalized spacial score (nSPS) is 10.2. The average Bonchev–Trinajstić information content (AvgIpc) is 2.58. The fourth-order valence-electron chi connectivity index (χ4n) is 2.32. The third kappa shape index (κ3) is 5.03. The third-order valence-corrected chi connectivity index (χ3v) is 3.96. The molecule has 0 aliphatic heterocycles. The van der Waals surface area contributed by atoms with Crippen molar-refractivity contribution in [2.75, 3.05) is 31.0 Å². The minimum absolute atomic E-state index is 0.216. The first-order valence-electron chi connectivity index (χ1n) is 7.60. The first kappa shape index (κ1) is 19.9. The topological polar surface area (TPSA) is 67.9 Å². The number of nitrogens with zero attached hydrogens (tertiary/aromatic N) is 1. The van der Waals surface area contributed by atoms with Gasteiger partial charge in [-0.25, -0.2) is 0 Å². The monoisotopic (exact) mass is 396 g/mol. The molecule has 0 aromatic heterocycles. The van der Waals surface area contributed by atoms with Crippen molar-refractivity contribution in [3.63, 3.8) is 0 Å². The van der Waals surface area contributed by atoms with Crippen LogP contribution in [0, 0.1) is 0 Å². The molecule has 0 radical (unpaired) electrons.